The van der Waals surface area contributed by atoms with E-state index in [2.05, 4.69) is 91.3 Å². The molecule has 0 spiro atoms. The molecule has 1 atom stereocenters. The first-order valence-corrected chi connectivity index (χ1v) is 19.8. The van der Waals surface area contributed by atoms with Crippen molar-refractivity contribution in [1.29, 1.82) is 0 Å². The van der Waals surface area contributed by atoms with E-state index in [0.29, 0.717) is 12.8 Å². The van der Waals surface area contributed by atoms with E-state index in [0.717, 1.165) is 96.3 Å². The van der Waals surface area contributed by atoms with Gasteiger partial charge in [-0.1, -0.05) is 125 Å². The van der Waals surface area contributed by atoms with Crippen LogP contribution in [0.4, 0.5) is 0 Å². The fraction of sp³-hybridized carbons (Fsp3) is 0.641. The molecule has 0 saturated heterocycles. The van der Waals surface area contributed by atoms with Gasteiger partial charge in [-0.2, -0.15) is 0 Å². The number of rotatable bonds is 32. The molecule has 8 nitrogen and oxygen atoms in total. The van der Waals surface area contributed by atoms with Gasteiger partial charge in [0.15, 0.2) is 6.10 Å². The van der Waals surface area contributed by atoms with Gasteiger partial charge >= 0.3 is 19.8 Å². The van der Waals surface area contributed by atoms with Crippen molar-refractivity contribution in [2.45, 2.75) is 148 Å². The minimum atomic E-state index is -4.76. The summed E-state index contributed by atoms with van der Waals surface area (Å²) in [5, 5.41) is 0. The highest BCUT2D eigenvalue weighted by atomic mass is 31.2. The highest BCUT2D eigenvalue weighted by Gasteiger charge is 2.22. The lowest BCUT2D eigenvalue weighted by atomic mass is 10.1. The lowest BCUT2D eigenvalue weighted by molar-refractivity contribution is -0.161. The number of carbonyl (C=O) groups excluding carboxylic acids is 2. The van der Waals surface area contributed by atoms with Crippen LogP contribution in [0.15, 0.2) is 72.9 Å². The average Bonchev–Trinajstić information content (AvgIpc) is 3.05. The third kappa shape index (κ3) is 36.3. The molecule has 0 aromatic heterocycles. The van der Waals surface area contributed by atoms with E-state index in [1.54, 1.807) is 0 Å². The molecule has 0 amide bonds. The monoisotopic (exact) mass is 692 g/mol. The van der Waals surface area contributed by atoms with Crippen LogP contribution in [-0.2, 0) is 28.2 Å². The molecule has 1 unspecified atom stereocenters. The maximum Gasteiger partial charge on any atom is 0.469 e. The van der Waals surface area contributed by atoms with E-state index in [4.69, 9.17) is 19.3 Å². The number of phosphoric ester groups is 1. The molecular weight excluding hydrogens is 627 g/mol. The molecule has 2 N–H and O–H groups in total. The van der Waals surface area contributed by atoms with Crippen molar-refractivity contribution in [3.05, 3.63) is 72.9 Å². The van der Waals surface area contributed by atoms with Crippen molar-refractivity contribution in [3.63, 3.8) is 0 Å². The summed E-state index contributed by atoms with van der Waals surface area (Å²) in [6.45, 7) is 3.45. The number of allylic oxidation sites excluding steroid dienone is 12. The Hall–Kier alpha value is -2.51. The van der Waals surface area contributed by atoms with E-state index in [9.17, 15) is 14.2 Å². The van der Waals surface area contributed by atoms with Crippen molar-refractivity contribution in [3.8, 4) is 0 Å². The minimum absolute atomic E-state index is 0.177. The molecule has 0 aromatic rings. The molecule has 0 radical (unpaired) electrons. The number of carbonyl (C=O) groups is 2. The number of hydrogen-bond donors (Lipinski definition) is 2. The summed E-state index contributed by atoms with van der Waals surface area (Å²) in [7, 11) is -4.76. The number of phosphoric acid groups is 1. The van der Waals surface area contributed by atoms with E-state index < -0.39 is 32.5 Å². The van der Waals surface area contributed by atoms with Crippen molar-refractivity contribution in [2.75, 3.05) is 13.2 Å². The van der Waals surface area contributed by atoms with Gasteiger partial charge in [-0.15, -0.1) is 0 Å². The van der Waals surface area contributed by atoms with Crippen molar-refractivity contribution in [2.24, 2.45) is 0 Å². The number of esters is 2. The third-order valence-electron chi connectivity index (χ3n) is 7.19. The summed E-state index contributed by atoms with van der Waals surface area (Å²) in [5.41, 5.74) is 0. The molecule has 48 heavy (non-hydrogen) atoms. The second kappa shape index (κ2) is 34.4. The van der Waals surface area contributed by atoms with Crippen LogP contribution in [-0.4, -0.2) is 41.0 Å². The van der Waals surface area contributed by atoms with Gasteiger partial charge in [-0.25, -0.2) is 4.57 Å². The predicted octanol–water partition coefficient (Wildman–Crippen LogP) is 10.7. The third-order valence-corrected chi connectivity index (χ3v) is 7.68. The molecular formula is C39H65O8P. The molecule has 274 valence electrons. The summed E-state index contributed by atoms with van der Waals surface area (Å²) in [6, 6.07) is 0. The first-order chi connectivity index (χ1) is 23.3. The highest BCUT2D eigenvalue weighted by Crippen LogP contribution is 2.35. The number of ether oxygens (including phenoxy) is 2. The van der Waals surface area contributed by atoms with Crippen LogP contribution in [0, 0.1) is 0 Å². The van der Waals surface area contributed by atoms with E-state index in [-0.39, 0.29) is 19.4 Å². The Balaban J connectivity index is 4.07. The Morgan fingerprint density at radius 1 is 0.562 bits per heavy atom. The Morgan fingerprint density at radius 2 is 1.00 bits per heavy atom. The molecule has 0 saturated carbocycles. The van der Waals surface area contributed by atoms with E-state index in [1.165, 1.54) is 6.42 Å². The van der Waals surface area contributed by atoms with E-state index >= 15 is 0 Å². The zero-order valence-electron chi connectivity index (χ0n) is 29.9. The van der Waals surface area contributed by atoms with E-state index in [1.807, 2.05) is 0 Å². The van der Waals surface area contributed by atoms with Gasteiger partial charge in [0.05, 0.1) is 6.61 Å². The SMILES string of the molecule is CC/C=C\C/C=C\C/C=C\C/C=C\CCCCCCC(=O)OC(COC(=O)CCCCCCC/C=C\C/C=C\CCC)COP(=O)(O)O. The van der Waals surface area contributed by atoms with Gasteiger partial charge in [0.1, 0.15) is 6.61 Å². The van der Waals surface area contributed by atoms with Crippen LogP contribution in [0.1, 0.15) is 142 Å². The van der Waals surface area contributed by atoms with Gasteiger partial charge in [0.25, 0.3) is 0 Å². The molecule has 0 aliphatic rings. The largest absolute Gasteiger partial charge is 0.469 e. The van der Waals surface area contributed by atoms with Crippen molar-refractivity contribution in [1.82, 2.24) is 0 Å². The first-order valence-electron chi connectivity index (χ1n) is 18.2. The fourth-order valence-electron chi connectivity index (χ4n) is 4.52. The number of hydrogen-bond acceptors (Lipinski definition) is 6. The highest BCUT2D eigenvalue weighted by molar-refractivity contribution is 7.46. The molecule has 0 rings (SSSR count). The van der Waals surface area contributed by atoms with Crippen LogP contribution >= 0.6 is 7.82 Å². The van der Waals surface area contributed by atoms with Crippen LogP contribution in [0.3, 0.4) is 0 Å². The van der Waals surface area contributed by atoms with Crippen molar-refractivity contribution >= 4 is 19.8 Å². The van der Waals surface area contributed by atoms with Crippen LogP contribution in [0.2, 0.25) is 0 Å². The zero-order valence-corrected chi connectivity index (χ0v) is 30.7. The summed E-state index contributed by atoms with van der Waals surface area (Å²) in [5.74, 6) is -0.938. The number of unbranched alkanes of at least 4 members (excludes halogenated alkanes) is 10. The quantitative estimate of drug-likeness (QED) is 0.0309. The Labute approximate surface area is 291 Å². The molecule has 0 fully saturated rings. The van der Waals surface area contributed by atoms with Gasteiger partial charge in [0.2, 0.25) is 0 Å². The molecule has 0 aliphatic heterocycles. The van der Waals surface area contributed by atoms with Gasteiger partial charge in [-0.05, 0) is 77.0 Å². The molecule has 0 bridgehead atoms. The van der Waals surface area contributed by atoms with Gasteiger partial charge in [-0.3, -0.25) is 14.1 Å². The standard InChI is InChI=1S/C39H65O8P/c1-3-5-7-9-11-13-15-17-18-19-20-22-24-26-28-30-32-34-39(41)47-37(36-46-48(42,43)44)35-45-38(40)33-31-29-27-25-23-21-16-14-12-10-8-6-4-2/h5,7-8,10-11,13-14,16-18,20,22,37H,3-4,6,9,12,15,19,21,23-36H2,1-2H3,(H2,42,43,44)/b7-5-,10-8-,13-11-,16-14-,18-17-,22-20-. The molecule has 0 heterocycles. The molecule has 9 heteroatoms. The Morgan fingerprint density at radius 3 is 1.50 bits per heavy atom. The molecule has 0 aliphatic carbocycles. The fourth-order valence-corrected chi connectivity index (χ4v) is 4.88. The minimum Gasteiger partial charge on any atom is -0.462 e. The zero-order chi connectivity index (χ0) is 35.4. The maximum atomic E-state index is 12.3. The van der Waals surface area contributed by atoms with Gasteiger partial charge in [0, 0.05) is 12.8 Å². The maximum absolute atomic E-state index is 12.3. The average molecular weight is 693 g/mol. The summed E-state index contributed by atoms with van der Waals surface area (Å²) in [6.07, 6.45) is 43.3. The van der Waals surface area contributed by atoms with Crippen molar-refractivity contribution < 1.29 is 37.9 Å². The van der Waals surface area contributed by atoms with Crippen LogP contribution < -0.4 is 0 Å². The lowest BCUT2D eigenvalue weighted by Gasteiger charge is -2.18. The smallest absolute Gasteiger partial charge is 0.462 e. The normalized spacial score (nSPS) is 13.3. The predicted molar refractivity (Wildman–Crippen MR) is 197 cm³/mol. The van der Waals surface area contributed by atoms with Crippen LogP contribution in [0.25, 0.3) is 0 Å². The topological polar surface area (TPSA) is 119 Å². The lowest BCUT2D eigenvalue weighted by Crippen LogP contribution is -2.29. The van der Waals surface area contributed by atoms with Gasteiger partial charge < -0.3 is 19.3 Å². The molecule has 0 aromatic carbocycles. The summed E-state index contributed by atoms with van der Waals surface area (Å²) in [4.78, 5) is 42.7. The van der Waals surface area contributed by atoms with Crippen LogP contribution in [0.5, 0.6) is 0 Å². The Kier molecular flexibility index (Phi) is 32.6. The summed E-state index contributed by atoms with van der Waals surface area (Å²) >= 11 is 0. The second-order valence-electron chi connectivity index (χ2n) is 11.8. The summed E-state index contributed by atoms with van der Waals surface area (Å²) < 4.78 is 26.2. The second-order valence-corrected chi connectivity index (χ2v) is 13.0. The first kappa shape index (κ1) is 45.5. The Bertz CT molecular complexity index is 1010.